The van der Waals surface area contributed by atoms with E-state index < -0.39 is 0 Å². The van der Waals surface area contributed by atoms with Crippen LogP contribution in [-0.4, -0.2) is 49.1 Å². The number of hydrogen-bond donors (Lipinski definition) is 0. The molecular formula is C18H21N3O2S. The quantitative estimate of drug-likeness (QED) is 0.795. The summed E-state index contributed by atoms with van der Waals surface area (Å²) in [6.07, 6.45) is 4.03. The third-order valence-electron chi connectivity index (χ3n) is 4.50. The van der Waals surface area contributed by atoms with Gasteiger partial charge in [-0.2, -0.15) is 0 Å². The molecule has 0 N–H and O–H groups in total. The zero-order chi connectivity index (χ0) is 16.4. The van der Waals surface area contributed by atoms with Gasteiger partial charge in [0.15, 0.2) is 11.5 Å². The Bertz CT molecular complexity index is 700. The van der Waals surface area contributed by atoms with E-state index >= 15 is 0 Å². The Hall–Kier alpha value is -1.92. The number of ether oxygens (including phenoxy) is 2. The average Bonchev–Trinajstić information content (AvgIpc) is 3.10. The smallest absolute Gasteiger partial charge is 0.231 e. The maximum absolute atomic E-state index is 5.46. The molecule has 2 aliphatic heterocycles. The van der Waals surface area contributed by atoms with Gasteiger partial charge >= 0.3 is 0 Å². The van der Waals surface area contributed by atoms with Gasteiger partial charge in [-0.25, -0.2) is 4.98 Å². The second-order valence-corrected chi connectivity index (χ2v) is 6.89. The number of piperazine rings is 1. The van der Waals surface area contributed by atoms with Crippen LogP contribution in [0.3, 0.4) is 0 Å². The summed E-state index contributed by atoms with van der Waals surface area (Å²) in [5.41, 5.74) is 1.27. The van der Waals surface area contributed by atoms with Crippen molar-refractivity contribution >= 4 is 17.6 Å². The van der Waals surface area contributed by atoms with Crippen molar-refractivity contribution in [3.8, 4) is 11.5 Å². The molecule has 0 amide bonds. The van der Waals surface area contributed by atoms with Crippen LogP contribution in [0, 0.1) is 0 Å². The van der Waals surface area contributed by atoms with Crippen LogP contribution >= 0.6 is 11.8 Å². The Morgan fingerprint density at radius 2 is 1.88 bits per heavy atom. The second-order valence-electron chi connectivity index (χ2n) is 6.01. The van der Waals surface area contributed by atoms with E-state index in [-0.39, 0.29) is 0 Å². The first-order chi connectivity index (χ1) is 11.8. The molecule has 1 aromatic carbocycles. The van der Waals surface area contributed by atoms with E-state index in [0.717, 1.165) is 50.0 Å². The number of aromatic nitrogens is 1. The Morgan fingerprint density at radius 1 is 1.04 bits per heavy atom. The lowest BCUT2D eigenvalue weighted by molar-refractivity contribution is 0.174. The van der Waals surface area contributed by atoms with E-state index in [2.05, 4.69) is 45.3 Å². The average molecular weight is 343 g/mol. The van der Waals surface area contributed by atoms with Crippen molar-refractivity contribution in [2.24, 2.45) is 0 Å². The number of thioether (sulfide) groups is 1. The molecule has 6 heteroatoms. The van der Waals surface area contributed by atoms with Crippen molar-refractivity contribution in [3.63, 3.8) is 0 Å². The molecule has 4 rings (SSSR count). The monoisotopic (exact) mass is 343 g/mol. The standard InChI is InChI=1S/C18H21N3O2S/c1-24-15-3-5-18(19-11-15)21-8-6-20(7-9-21)12-14-2-4-16-17(10-14)23-13-22-16/h2-5,10-11H,6-9,12-13H2,1H3. The summed E-state index contributed by atoms with van der Waals surface area (Å²) in [7, 11) is 0. The molecule has 24 heavy (non-hydrogen) atoms. The third-order valence-corrected chi connectivity index (χ3v) is 5.21. The molecular weight excluding hydrogens is 322 g/mol. The topological polar surface area (TPSA) is 37.8 Å². The molecule has 0 spiro atoms. The second kappa shape index (κ2) is 6.91. The summed E-state index contributed by atoms with van der Waals surface area (Å²) in [5, 5.41) is 0. The Labute approximate surface area is 146 Å². The van der Waals surface area contributed by atoms with Crippen molar-refractivity contribution in [2.75, 3.05) is 44.1 Å². The third kappa shape index (κ3) is 3.30. The predicted octanol–water partition coefficient (Wildman–Crippen LogP) is 2.85. The Morgan fingerprint density at radius 3 is 2.62 bits per heavy atom. The number of fused-ring (bicyclic) bond motifs is 1. The predicted molar refractivity (Wildman–Crippen MR) is 96.1 cm³/mol. The highest BCUT2D eigenvalue weighted by Gasteiger charge is 2.19. The van der Waals surface area contributed by atoms with E-state index in [9.17, 15) is 0 Å². The van der Waals surface area contributed by atoms with Gasteiger partial charge < -0.3 is 14.4 Å². The van der Waals surface area contributed by atoms with Crippen LogP contribution in [0.1, 0.15) is 5.56 Å². The van der Waals surface area contributed by atoms with Crippen LogP contribution in [-0.2, 0) is 6.54 Å². The Kier molecular flexibility index (Phi) is 4.49. The zero-order valence-corrected chi connectivity index (χ0v) is 14.6. The molecule has 1 fully saturated rings. The molecule has 2 aromatic rings. The molecule has 0 bridgehead atoms. The van der Waals surface area contributed by atoms with Crippen LogP contribution in [0.25, 0.3) is 0 Å². The van der Waals surface area contributed by atoms with Gasteiger partial charge in [0.25, 0.3) is 0 Å². The normalized spacial score (nSPS) is 17.3. The molecule has 126 valence electrons. The SMILES string of the molecule is CSc1ccc(N2CCN(Cc3ccc4c(c3)OCO4)CC2)nc1. The summed E-state index contributed by atoms with van der Waals surface area (Å²) >= 11 is 1.73. The molecule has 0 radical (unpaired) electrons. The highest BCUT2D eigenvalue weighted by atomic mass is 32.2. The molecule has 1 saturated heterocycles. The number of pyridine rings is 1. The molecule has 0 unspecified atom stereocenters. The maximum Gasteiger partial charge on any atom is 0.231 e. The number of anilines is 1. The fraction of sp³-hybridized carbons (Fsp3) is 0.389. The van der Waals surface area contributed by atoms with Crippen LogP contribution < -0.4 is 14.4 Å². The van der Waals surface area contributed by atoms with Gasteiger partial charge in [-0.05, 0) is 36.1 Å². The first kappa shape index (κ1) is 15.6. The van der Waals surface area contributed by atoms with Crippen molar-refractivity contribution in [1.29, 1.82) is 0 Å². The van der Waals surface area contributed by atoms with Gasteiger partial charge in [0.1, 0.15) is 5.82 Å². The van der Waals surface area contributed by atoms with E-state index in [0.29, 0.717) is 6.79 Å². The minimum absolute atomic E-state index is 0.333. The van der Waals surface area contributed by atoms with Crippen LogP contribution in [0.15, 0.2) is 41.4 Å². The van der Waals surface area contributed by atoms with E-state index in [4.69, 9.17) is 9.47 Å². The fourth-order valence-electron chi connectivity index (χ4n) is 3.11. The van der Waals surface area contributed by atoms with Crippen molar-refractivity contribution in [3.05, 3.63) is 42.1 Å². The van der Waals surface area contributed by atoms with Gasteiger partial charge in [0, 0.05) is 43.8 Å². The summed E-state index contributed by atoms with van der Waals surface area (Å²) < 4.78 is 10.8. The van der Waals surface area contributed by atoms with E-state index in [1.165, 1.54) is 10.5 Å². The molecule has 3 heterocycles. The van der Waals surface area contributed by atoms with E-state index in [1.54, 1.807) is 11.8 Å². The zero-order valence-electron chi connectivity index (χ0n) is 13.8. The summed E-state index contributed by atoms with van der Waals surface area (Å²) in [6, 6.07) is 10.5. The highest BCUT2D eigenvalue weighted by molar-refractivity contribution is 7.98. The van der Waals surface area contributed by atoms with Crippen molar-refractivity contribution < 1.29 is 9.47 Å². The van der Waals surface area contributed by atoms with Crippen molar-refractivity contribution in [1.82, 2.24) is 9.88 Å². The molecule has 0 aliphatic carbocycles. The number of nitrogens with zero attached hydrogens (tertiary/aromatic N) is 3. The van der Waals surface area contributed by atoms with E-state index in [1.807, 2.05) is 12.3 Å². The Balaban J connectivity index is 1.34. The molecule has 0 saturated carbocycles. The molecule has 0 atom stereocenters. The van der Waals surface area contributed by atoms with Gasteiger partial charge in [0.05, 0.1) is 0 Å². The van der Waals surface area contributed by atoms with Gasteiger partial charge in [-0.15, -0.1) is 11.8 Å². The van der Waals surface area contributed by atoms with Crippen LogP contribution in [0.5, 0.6) is 11.5 Å². The maximum atomic E-state index is 5.46. The first-order valence-electron chi connectivity index (χ1n) is 8.18. The highest BCUT2D eigenvalue weighted by Crippen LogP contribution is 2.32. The van der Waals surface area contributed by atoms with Crippen molar-refractivity contribution in [2.45, 2.75) is 11.4 Å². The summed E-state index contributed by atoms with van der Waals surface area (Å²) in [6.45, 7) is 5.39. The lowest BCUT2D eigenvalue weighted by Crippen LogP contribution is -2.46. The largest absolute Gasteiger partial charge is 0.454 e. The summed E-state index contributed by atoms with van der Waals surface area (Å²) in [5.74, 6) is 2.79. The number of hydrogen-bond acceptors (Lipinski definition) is 6. The van der Waals surface area contributed by atoms with Gasteiger partial charge in [0.2, 0.25) is 6.79 Å². The minimum Gasteiger partial charge on any atom is -0.454 e. The lowest BCUT2D eigenvalue weighted by Gasteiger charge is -2.35. The minimum atomic E-state index is 0.333. The fourth-order valence-corrected chi connectivity index (χ4v) is 3.48. The van der Waals surface area contributed by atoms with Gasteiger partial charge in [-0.3, -0.25) is 4.90 Å². The lowest BCUT2D eigenvalue weighted by atomic mass is 10.1. The van der Waals surface area contributed by atoms with Crippen LogP contribution in [0.4, 0.5) is 5.82 Å². The van der Waals surface area contributed by atoms with Crippen LogP contribution in [0.2, 0.25) is 0 Å². The number of benzene rings is 1. The molecule has 5 nitrogen and oxygen atoms in total. The molecule has 2 aliphatic rings. The number of rotatable bonds is 4. The summed E-state index contributed by atoms with van der Waals surface area (Å²) in [4.78, 5) is 10.6. The first-order valence-corrected chi connectivity index (χ1v) is 9.40. The molecule has 1 aromatic heterocycles. The van der Waals surface area contributed by atoms with Gasteiger partial charge in [-0.1, -0.05) is 6.07 Å².